The molecular weight excluding hydrogens is 342 g/mol. The van der Waals surface area contributed by atoms with Crippen LogP contribution in [0.15, 0.2) is 17.2 Å². The Hall–Kier alpha value is -1.52. The zero-order chi connectivity index (χ0) is 16.7. The van der Waals surface area contributed by atoms with E-state index in [9.17, 15) is 18.0 Å². The normalized spacial score (nSPS) is 20.9. The number of amides is 1. The summed E-state index contributed by atoms with van der Waals surface area (Å²) in [5.41, 5.74) is -1.16. The largest absolute Gasteiger partial charge is 0.480 e. The lowest BCUT2D eigenvalue weighted by Crippen LogP contribution is -2.43. The quantitative estimate of drug-likeness (QED) is 0.686. The second-order valence-corrected chi connectivity index (χ2v) is 8.77. The van der Waals surface area contributed by atoms with E-state index in [0.29, 0.717) is 25.9 Å². The Morgan fingerprint density at radius 1 is 1.30 bits per heavy atom. The summed E-state index contributed by atoms with van der Waals surface area (Å²) in [5.74, 6) is -0.187. The van der Waals surface area contributed by atoms with Crippen LogP contribution in [-0.4, -0.2) is 64.8 Å². The number of nitrogens with one attached hydrogen (secondary N) is 2. The van der Waals surface area contributed by atoms with Gasteiger partial charge >= 0.3 is 5.97 Å². The van der Waals surface area contributed by atoms with Crippen LogP contribution in [-0.2, 0) is 14.8 Å². The summed E-state index contributed by atoms with van der Waals surface area (Å²) in [5, 5.41) is 11.5. The number of rotatable bonds is 5. The summed E-state index contributed by atoms with van der Waals surface area (Å²) in [6, 6.07) is 1.25. The number of hydrogen-bond acceptors (Lipinski definition) is 5. The number of aromatic amines is 1. The number of carbonyl (C=O) groups excluding carboxylic acids is 1. The van der Waals surface area contributed by atoms with E-state index in [0.717, 1.165) is 11.5 Å². The molecule has 126 valence electrons. The van der Waals surface area contributed by atoms with Gasteiger partial charge in [-0.1, -0.05) is 0 Å². The number of thioether (sulfide) groups is 1. The molecule has 1 aliphatic heterocycles. The van der Waals surface area contributed by atoms with Gasteiger partial charge in [0.1, 0.15) is 16.1 Å². The summed E-state index contributed by atoms with van der Waals surface area (Å²) in [4.78, 5) is 25.8. The molecule has 0 bridgehead atoms. The second kappa shape index (κ2) is 5.84. The number of hydrogen-bond donors (Lipinski definition) is 3. The highest BCUT2D eigenvalue weighted by Gasteiger charge is 2.51. The number of aromatic nitrogens is 1. The third-order valence-corrected chi connectivity index (χ3v) is 6.84. The van der Waals surface area contributed by atoms with Crippen molar-refractivity contribution in [3.8, 4) is 0 Å². The molecule has 0 atom stereocenters. The zero-order valence-electron chi connectivity index (χ0n) is 12.2. The van der Waals surface area contributed by atoms with Crippen molar-refractivity contribution in [2.24, 2.45) is 0 Å². The first-order valence-corrected chi connectivity index (χ1v) is 9.77. The van der Waals surface area contributed by atoms with Gasteiger partial charge in [0, 0.05) is 30.8 Å². The smallest absolute Gasteiger partial charge is 0.329 e. The van der Waals surface area contributed by atoms with E-state index >= 15 is 0 Å². The number of carboxylic acid groups (broad SMARTS) is 1. The molecule has 3 N–H and O–H groups in total. The Kier molecular flexibility index (Phi) is 4.15. The predicted octanol–water partition coefficient (Wildman–Crippen LogP) is 0.0992. The van der Waals surface area contributed by atoms with E-state index < -0.39 is 27.4 Å². The average Bonchev–Trinajstić information content (AvgIpc) is 3.13. The fourth-order valence-electron chi connectivity index (χ4n) is 2.39. The monoisotopic (exact) mass is 359 g/mol. The van der Waals surface area contributed by atoms with Gasteiger partial charge in [0.2, 0.25) is 10.0 Å². The molecule has 10 heteroatoms. The minimum Gasteiger partial charge on any atom is -0.480 e. The number of carboxylic acids is 1. The molecule has 23 heavy (non-hydrogen) atoms. The number of H-pyrrole nitrogens is 1. The first-order chi connectivity index (χ1) is 10.8. The molecular formula is C13H17N3O5S2. The van der Waals surface area contributed by atoms with Crippen molar-refractivity contribution >= 4 is 33.7 Å². The average molecular weight is 359 g/mol. The summed E-state index contributed by atoms with van der Waals surface area (Å²) in [6.07, 6.45) is 2.03. The lowest BCUT2D eigenvalue weighted by molar-refractivity contribution is -0.140. The van der Waals surface area contributed by atoms with Crippen molar-refractivity contribution in [3.63, 3.8) is 0 Å². The van der Waals surface area contributed by atoms with E-state index in [1.165, 1.54) is 16.6 Å². The lowest BCUT2D eigenvalue weighted by Gasteiger charge is -2.24. The predicted molar refractivity (Wildman–Crippen MR) is 83.9 cm³/mol. The van der Waals surface area contributed by atoms with E-state index in [2.05, 4.69) is 10.3 Å². The summed E-state index contributed by atoms with van der Waals surface area (Å²) < 4.78 is 26.4. The maximum atomic E-state index is 12.5. The van der Waals surface area contributed by atoms with E-state index in [1.54, 1.807) is 11.8 Å². The molecule has 1 saturated heterocycles. The second-order valence-electron chi connectivity index (χ2n) is 5.61. The minimum atomic E-state index is -3.63. The molecule has 0 unspecified atom stereocenters. The molecule has 2 aliphatic rings. The van der Waals surface area contributed by atoms with Crippen molar-refractivity contribution in [1.29, 1.82) is 0 Å². The van der Waals surface area contributed by atoms with Crippen LogP contribution in [0.3, 0.4) is 0 Å². The van der Waals surface area contributed by atoms with E-state index in [1.807, 2.05) is 0 Å². The highest BCUT2D eigenvalue weighted by molar-refractivity contribution is 7.99. The van der Waals surface area contributed by atoms with Crippen LogP contribution in [0.25, 0.3) is 0 Å². The van der Waals surface area contributed by atoms with Crippen molar-refractivity contribution in [3.05, 3.63) is 18.0 Å². The van der Waals surface area contributed by atoms with Crippen LogP contribution >= 0.6 is 11.8 Å². The first kappa shape index (κ1) is 16.3. The fraction of sp³-hybridized carbons (Fsp3) is 0.538. The fourth-order valence-corrected chi connectivity index (χ4v) is 4.96. The van der Waals surface area contributed by atoms with Gasteiger partial charge < -0.3 is 15.4 Å². The van der Waals surface area contributed by atoms with Crippen molar-refractivity contribution in [2.75, 3.05) is 24.6 Å². The summed E-state index contributed by atoms with van der Waals surface area (Å²) >= 11 is 1.70. The van der Waals surface area contributed by atoms with Gasteiger partial charge in [-0.2, -0.15) is 16.1 Å². The molecule has 1 amide bonds. The standard InChI is InChI=1S/C13H17N3O5S2/c17-11(15-13(1-2-13)12(18)19)10-7-9(8-14-10)23(20,21)16-3-5-22-6-4-16/h7-8,14H,1-6H2,(H,15,17)(H,18,19). The van der Waals surface area contributed by atoms with Crippen LogP contribution in [0.1, 0.15) is 23.3 Å². The van der Waals surface area contributed by atoms with Gasteiger partial charge in [-0.3, -0.25) is 4.79 Å². The van der Waals surface area contributed by atoms with Crippen molar-refractivity contribution in [1.82, 2.24) is 14.6 Å². The van der Waals surface area contributed by atoms with E-state index in [4.69, 9.17) is 5.11 Å². The lowest BCUT2D eigenvalue weighted by atomic mass is 10.2. The van der Waals surface area contributed by atoms with Gasteiger partial charge in [0.15, 0.2) is 0 Å². The topological polar surface area (TPSA) is 120 Å². The van der Waals surface area contributed by atoms with Crippen LogP contribution in [0, 0.1) is 0 Å². The van der Waals surface area contributed by atoms with Crippen molar-refractivity contribution in [2.45, 2.75) is 23.3 Å². The highest BCUT2D eigenvalue weighted by Crippen LogP contribution is 2.35. The molecule has 3 rings (SSSR count). The molecule has 1 aliphatic carbocycles. The number of sulfonamides is 1. The van der Waals surface area contributed by atoms with Gasteiger partial charge in [-0.25, -0.2) is 13.2 Å². The molecule has 2 heterocycles. The first-order valence-electron chi connectivity index (χ1n) is 7.17. The van der Waals surface area contributed by atoms with Crippen molar-refractivity contribution < 1.29 is 23.1 Å². The molecule has 0 spiro atoms. The van der Waals surface area contributed by atoms with Gasteiger partial charge in [-0.05, 0) is 18.9 Å². The Labute approximate surface area is 137 Å². The zero-order valence-corrected chi connectivity index (χ0v) is 13.9. The Morgan fingerprint density at radius 3 is 2.52 bits per heavy atom. The number of aliphatic carboxylic acids is 1. The molecule has 2 fully saturated rings. The third-order valence-electron chi connectivity index (χ3n) is 4.02. The molecule has 1 aromatic heterocycles. The maximum Gasteiger partial charge on any atom is 0.329 e. The summed E-state index contributed by atoms with van der Waals surface area (Å²) in [7, 11) is -3.63. The Morgan fingerprint density at radius 2 is 1.96 bits per heavy atom. The molecule has 1 aromatic rings. The molecule has 0 radical (unpaired) electrons. The Bertz CT molecular complexity index is 733. The van der Waals surface area contributed by atoms with Crippen LogP contribution in [0.2, 0.25) is 0 Å². The number of carbonyl (C=O) groups is 2. The van der Waals surface area contributed by atoms with E-state index in [-0.39, 0.29) is 10.6 Å². The SMILES string of the molecule is O=C(NC1(C(=O)O)CC1)c1cc(S(=O)(=O)N2CCSCC2)c[nH]1. The summed E-state index contributed by atoms with van der Waals surface area (Å²) in [6.45, 7) is 0.893. The molecule has 0 aromatic carbocycles. The van der Waals surface area contributed by atoms with Gasteiger partial charge in [-0.15, -0.1) is 0 Å². The minimum absolute atomic E-state index is 0.0229. The van der Waals surface area contributed by atoms with Crippen LogP contribution in [0.5, 0.6) is 0 Å². The van der Waals surface area contributed by atoms with Crippen LogP contribution in [0.4, 0.5) is 0 Å². The molecule has 1 saturated carbocycles. The van der Waals surface area contributed by atoms with Gasteiger partial charge in [0.25, 0.3) is 5.91 Å². The maximum absolute atomic E-state index is 12.5. The van der Waals surface area contributed by atoms with Gasteiger partial charge in [0.05, 0.1) is 0 Å². The number of nitrogens with zero attached hydrogens (tertiary/aromatic N) is 1. The van der Waals surface area contributed by atoms with Crippen LogP contribution < -0.4 is 5.32 Å². The third kappa shape index (κ3) is 3.10. The Balaban J connectivity index is 1.75. The highest BCUT2D eigenvalue weighted by atomic mass is 32.2. The molecule has 8 nitrogen and oxygen atoms in total.